The van der Waals surface area contributed by atoms with Gasteiger partial charge in [-0.15, -0.1) is 0 Å². The van der Waals surface area contributed by atoms with Crippen LogP contribution in [0.2, 0.25) is 0 Å². The number of nitro benzene ring substituents is 1. The fourth-order valence-corrected chi connectivity index (χ4v) is 2.57. The number of hydrogen-bond acceptors (Lipinski definition) is 5. The van der Waals surface area contributed by atoms with Gasteiger partial charge in [-0.1, -0.05) is 12.1 Å². The Kier molecular flexibility index (Phi) is 3.80. The fourth-order valence-electron chi connectivity index (χ4n) is 2.57. The Hall–Kier alpha value is -1.95. The van der Waals surface area contributed by atoms with Crippen LogP contribution in [0, 0.1) is 16.0 Å². The zero-order valence-corrected chi connectivity index (χ0v) is 10.9. The van der Waals surface area contributed by atoms with Gasteiger partial charge in [-0.05, 0) is 12.6 Å². The van der Waals surface area contributed by atoms with Crippen molar-refractivity contribution in [3.05, 3.63) is 39.9 Å². The highest BCUT2D eigenvalue weighted by atomic mass is 16.6. The van der Waals surface area contributed by atoms with Crippen molar-refractivity contribution in [2.24, 2.45) is 5.92 Å². The minimum atomic E-state index is -0.428. The van der Waals surface area contributed by atoms with Gasteiger partial charge in [0, 0.05) is 31.1 Å². The van der Waals surface area contributed by atoms with Gasteiger partial charge in [-0.3, -0.25) is 14.9 Å². The second-order valence-electron chi connectivity index (χ2n) is 4.81. The molecule has 0 amide bonds. The van der Waals surface area contributed by atoms with Crippen molar-refractivity contribution < 1.29 is 14.5 Å². The molecule has 2 atom stereocenters. The third kappa shape index (κ3) is 2.73. The number of methoxy groups -OCH3 is 1. The molecule has 6 nitrogen and oxygen atoms in total. The van der Waals surface area contributed by atoms with Crippen molar-refractivity contribution >= 4 is 11.7 Å². The first kappa shape index (κ1) is 13.5. The van der Waals surface area contributed by atoms with E-state index in [-0.39, 0.29) is 23.5 Å². The molecule has 1 fully saturated rings. The van der Waals surface area contributed by atoms with E-state index < -0.39 is 4.92 Å². The summed E-state index contributed by atoms with van der Waals surface area (Å²) >= 11 is 0. The topological polar surface area (TPSA) is 72.7 Å². The molecule has 0 aromatic heterocycles. The number of nitrogens with zero attached hydrogens (tertiary/aromatic N) is 2. The molecular formula is C13H16N2O4. The normalized spacial score (nSPS) is 23.3. The zero-order chi connectivity index (χ0) is 14.0. The summed E-state index contributed by atoms with van der Waals surface area (Å²) in [5, 5.41) is 10.6. The number of non-ortho nitro benzene ring substituents is 1. The first-order valence-electron chi connectivity index (χ1n) is 6.03. The maximum atomic E-state index is 11.8. The van der Waals surface area contributed by atoms with E-state index in [9.17, 15) is 14.9 Å². The van der Waals surface area contributed by atoms with Gasteiger partial charge in [0.2, 0.25) is 0 Å². The van der Waals surface area contributed by atoms with Crippen LogP contribution in [0.3, 0.4) is 0 Å². The number of benzene rings is 1. The number of ether oxygens (including phenoxy) is 1. The maximum Gasteiger partial charge on any atom is 0.310 e. The number of nitro groups is 1. The number of carbonyl (C=O) groups excluding carboxylic acids is 1. The smallest absolute Gasteiger partial charge is 0.310 e. The summed E-state index contributed by atoms with van der Waals surface area (Å²) < 4.78 is 4.82. The minimum Gasteiger partial charge on any atom is -0.469 e. The molecule has 0 N–H and O–H groups in total. The molecular weight excluding hydrogens is 248 g/mol. The molecule has 102 valence electrons. The summed E-state index contributed by atoms with van der Waals surface area (Å²) in [6.07, 6.45) is 0. The van der Waals surface area contributed by atoms with Crippen LogP contribution in [-0.4, -0.2) is 43.0 Å². The molecule has 2 rings (SSSR count). The first-order valence-corrected chi connectivity index (χ1v) is 6.03. The molecule has 1 aliphatic rings. The van der Waals surface area contributed by atoms with Gasteiger partial charge >= 0.3 is 5.97 Å². The molecule has 19 heavy (non-hydrogen) atoms. The Labute approximate surface area is 111 Å². The number of likely N-dealkylation sites (N-methyl/N-ethyl adjacent to an activating group) is 1. The lowest BCUT2D eigenvalue weighted by molar-refractivity contribution is -0.384. The van der Waals surface area contributed by atoms with E-state index in [4.69, 9.17) is 4.74 Å². The minimum absolute atomic E-state index is 0.0262. The van der Waals surface area contributed by atoms with Crippen molar-refractivity contribution in [2.45, 2.75) is 5.92 Å². The summed E-state index contributed by atoms with van der Waals surface area (Å²) in [6.45, 7) is 1.39. The molecule has 0 saturated carbocycles. The standard InChI is InChI=1S/C13H16N2O4/c1-14-7-11(12(8-14)13(16)19-2)9-3-5-10(6-4-9)15(17)18/h3-6,11-12H,7-8H2,1-2H3/t11-,12+/m0/s1. The number of esters is 1. The second kappa shape index (κ2) is 5.36. The molecule has 1 heterocycles. The largest absolute Gasteiger partial charge is 0.469 e. The molecule has 0 bridgehead atoms. The van der Waals surface area contributed by atoms with Crippen molar-refractivity contribution in [1.82, 2.24) is 4.90 Å². The van der Waals surface area contributed by atoms with Gasteiger partial charge in [0.15, 0.2) is 0 Å². The average Bonchev–Trinajstić information content (AvgIpc) is 2.80. The van der Waals surface area contributed by atoms with Gasteiger partial charge < -0.3 is 9.64 Å². The third-order valence-corrected chi connectivity index (χ3v) is 3.54. The van der Waals surface area contributed by atoms with Crippen LogP contribution in [-0.2, 0) is 9.53 Å². The molecule has 1 aliphatic heterocycles. The van der Waals surface area contributed by atoms with Crippen molar-refractivity contribution in [1.29, 1.82) is 0 Å². The van der Waals surface area contributed by atoms with Crippen LogP contribution >= 0.6 is 0 Å². The summed E-state index contributed by atoms with van der Waals surface area (Å²) in [5.74, 6) is -0.414. The summed E-state index contributed by atoms with van der Waals surface area (Å²) in [7, 11) is 3.33. The van der Waals surface area contributed by atoms with Crippen LogP contribution in [0.5, 0.6) is 0 Å². The SMILES string of the molecule is COC(=O)[C@@H]1CN(C)C[C@H]1c1ccc([N+](=O)[O-])cc1. The van der Waals surface area contributed by atoms with Crippen molar-refractivity contribution in [3.8, 4) is 0 Å². The lowest BCUT2D eigenvalue weighted by Crippen LogP contribution is -2.23. The van der Waals surface area contributed by atoms with Gasteiger partial charge in [0.25, 0.3) is 5.69 Å². The van der Waals surface area contributed by atoms with Crippen LogP contribution in [0.4, 0.5) is 5.69 Å². The molecule has 0 unspecified atom stereocenters. The monoisotopic (exact) mass is 264 g/mol. The average molecular weight is 264 g/mol. The Morgan fingerprint density at radius 3 is 2.53 bits per heavy atom. The van der Waals surface area contributed by atoms with E-state index in [1.165, 1.54) is 19.2 Å². The summed E-state index contributed by atoms with van der Waals surface area (Å²) in [5.41, 5.74) is 0.995. The van der Waals surface area contributed by atoms with Gasteiger partial charge in [0.1, 0.15) is 0 Å². The van der Waals surface area contributed by atoms with Crippen molar-refractivity contribution in [3.63, 3.8) is 0 Å². The summed E-state index contributed by atoms with van der Waals surface area (Å²) in [4.78, 5) is 24.0. The van der Waals surface area contributed by atoms with Gasteiger partial charge in [-0.2, -0.15) is 0 Å². The number of likely N-dealkylation sites (tertiary alicyclic amines) is 1. The first-order chi connectivity index (χ1) is 9.02. The molecule has 1 saturated heterocycles. The molecule has 1 aromatic rings. The molecule has 0 radical (unpaired) electrons. The van der Waals surface area contributed by atoms with E-state index in [1.807, 2.05) is 7.05 Å². The molecule has 1 aromatic carbocycles. The fraction of sp³-hybridized carbons (Fsp3) is 0.462. The Morgan fingerprint density at radius 2 is 2.00 bits per heavy atom. The highest BCUT2D eigenvalue weighted by Crippen LogP contribution is 2.33. The van der Waals surface area contributed by atoms with E-state index in [0.717, 1.165) is 12.1 Å². The highest BCUT2D eigenvalue weighted by molar-refractivity contribution is 5.74. The van der Waals surface area contributed by atoms with Crippen LogP contribution in [0.1, 0.15) is 11.5 Å². The zero-order valence-electron chi connectivity index (χ0n) is 10.9. The molecule has 0 aliphatic carbocycles. The number of rotatable bonds is 3. The Balaban J connectivity index is 2.23. The maximum absolute atomic E-state index is 11.8. The van der Waals surface area contributed by atoms with Gasteiger partial charge in [-0.25, -0.2) is 0 Å². The van der Waals surface area contributed by atoms with E-state index in [0.29, 0.717) is 6.54 Å². The van der Waals surface area contributed by atoms with E-state index in [1.54, 1.807) is 12.1 Å². The number of carbonyl (C=O) groups is 1. The quantitative estimate of drug-likeness (QED) is 0.469. The summed E-state index contributed by atoms with van der Waals surface area (Å²) in [6, 6.07) is 6.39. The Morgan fingerprint density at radius 1 is 1.37 bits per heavy atom. The van der Waals surface area contributed by atoms with Crippen molar-refractivity contribution in [2.75, 3.05) is 27.2 Å². The van der Waals surface area contributed by atoms with Gasteiger partial charge in [0.05, 0.1) is 18.0 Å². The van der Waals surface area contributed by atoms with E-state index >= 15 is 0 Å². The van der Waals surface area contributed by atoms with E-state index in [2.05, 4.69) is 4.90 Å². The van der Waals surface area contributed by atoms with Crippen LogP contribution in [0.15, 0.2) is 24.3 Å². The highest BCUT2D eigenvalue weighted by Gasteiger charge is 2.37. The predicted molar refractivity (Wildman–Crippen MR) is 68.8 cm³/mol. The molecule has 0 spiro atoms. The second-order valence-corrected chi connectivity index (χ2v) is 4.81. The van der Waals surface area contributed by atoms with Crippen LogP contribution in [0.25, 0.3) is 0 Å². The Bertz CT molecular complexity index is 486. The van der Waals surface area contributed by atoms with Crippen LogP contribution < -0.4 is 0 Å². The lowest BCUT2D eigenvalue weighted by atomic mass is 9.89. The third-order valence-electron chi connectivity index (χ3n) is 3.54. The lowest BCUT2D eigenvalue weighted by Gasteiger charge is -2.16. The number of hydrogen-bond donors (Lipinski definition) is 0. The molecule has 6 heteroatoms. The predicted octanol–water partition coefficient (Wildman–Crippen LogP) is 1.41.